The van der Waals surface area contributed by atoms with E-state index in [1.807, 2.05) is 42.5 Å². The van der Waals surface area contributed by atoms with Crippen molar-refractivity contribution in [3.63, 3.8) is 0 Å². The van der Waals surface area contributed by atoms with E-state index in [1.54, 1.807) is 30.3 Å². The molecule has 0 atom stereocenters. The summed E-state index contributed by atoms with van der Waals surface area (Å²) in [6.07, 6.45) is 1.97. The first kappa shape index (κ1) is 38.0. The van der Waals surface area contributed by atoms with Gasteiger partial charge in [0.15, 0.2) is 5.78 Å². The predicted octanol–water partition coefficient (Wildman–Crippen LogP) is 12.7. The molecule has 0 aliphatic heterocycles. The molecule has 9 nitrogen and oxygen atoms in total. The van der Waals surface area contributed by atoms with E-state index < -0.39 is 0 Å². The zero-order valence-electron chi connectivity index (χ0n) is 32.3. The van der Waals surface area contributed by atoms with Crippen LogP contribution in [0.3, 0.4) is 0 Å². The Morgan fingerprint density at radius 3 is 2.16 bits per heavy atom. The van der Waals surface area contributed by atoms with Crippen LogP contribution in [0.1, 0.15) is 50.7 Å². The molecule has 0 saturated heterocycles. The Morgan fingerprint density at radius 1 is 0.702 bits per heavy atom. The Balaban J connectivity index is 0.928. The zero-order chi connectivity index (χ0) is 39.7. The molecule has 0 saturated carbocycles. The van der Waals surface area contributed by atoms with E-state index in [0.29, 0.717) is 16.9 Å². The van der Waals surface area contributed by atoms with Gasteiger partial charge in [-0.2, -0.15) is 5.11 Å². The summed E-state index contributed by atoms with van der Waals surface area (Å²) in [5.74, 6) is -0.00866. The molecule has 0 aliphatic rings. The van der Waals surface area contributed by atoms with Crippen molar-refractivity contribution in [1.29, 1.82) is 0 Å². The van der Waals surface area contributed by atoms with Crippen LogP contribution in [0.5, 0.6) is 5.75 Å². The molecule has 0 fully saturated rings. The summed E-state index contributed by atoms with van der Waals surface area (Å²) in [4.78, 5) is 24.8. The predicted molar refractivity (Wildman–Crippen MR) is 229 cm³/mol. The number of azo groups is 1. The Labute approximate surface area is 332 Å². The number of anilines is 4. The number of nitrogens with one attached hydrogen (secondary N) is 1. The van der Waals surface area contributed by atoms with E-state index in [1.165, 1.54) is 35.6 Å². The first-order valence-electron chi connectivity index (χ1n) is 18.6. The minimum absolute atomic E-state index is 0.0132. The van der Waals surface area contributed by atoms with Crippen molar-refractivity contribution < 1.29 is 19.6 Å². The number of hydrogen-bond acceptors (Lipinski definition) is 9. The smallest absolute Gasteiger partial charge is 0.245 e. The lowest BCUT2D eigenvalue weighted by Crippen LogP contribution is -2.10. The van der Waals surface area contributed by atoms with Crippen molar-refractivity contribution in [3.05, 3.63) is 185 Å². The maximum absolute atomic E-state index is 11.6. The van der Waals surface area contributed by atoms with Crippen LogP contribution in [0.2, 0.25) is 0 Å². The molecule has 7 aromatic rings. The normalized spacial score (nSPS) is 11.3. The molecular weight excluding hydrogens is 711 g/mol. The number of fused-ring (bicyclic) bond motifs is 1. The van der Waals surface area contributed by atoms with Crippen LogP contribution in [-0.2, 0) is 22.7 Å². The Kier molecular flexibility index (Phi) is 11.7. The van der Waals surface area contributed by atoms with Gasteiger partial charge in [0.05, 0.1) is 11.4 Å². The van der Waals surface area contributed by atoms with Crippen molar-refractivity contribution in [3.8, 4) is 5.75 Å². The number of aromatic hydroxyl groups is 1. The SMILES string of the molecule is CC(=O)c1ccc(N=Nc2c(O)ccc3cc(CON=CONc4cccc(Cc5ccc(N(c6ccc(C)cc6)c6ccc(C)c(C)c6)cc5)c4)ccc23)cc1. The van der Waals surface area contributed by atoms with Gasteiger partial charge in [-0.3, -0.25) is 4.79 Å². The fourth-order valence-electron chi connectivity index (χ4n) is 6.42. The van der Waals surface area contributed by atoms with Crippen LogP contribution < -0.4 is 10.4 Å². The summed E-state index contributed by atoms with van der Waals surface area (Å²) >= 11 is 0. The van der Waals surface area contributed by atoms with Crippen LogP contribution >= 0.6 is 0 Å². The number of phenolic OH excluding ortho intramolecular Hbond substituents is 1. The molecule has 0 amide bonds. The summed E-state index contributed by atoms with van der Waals surface area (Å²) in [6, 6.07) is 47.9. The van der Waals surface area contributed by atoms with Crippen molar-refractivity contribution in [2.45, 2.75) is 40.7 Å². The maximum atomic E-state index is 11.6. The number of rotatable bonds is 14. The molecule has 0 aromatic heterocycles. The van der Waals surface area contributed by atoms with Gasteiger partial charge in [0.25, 0.3) is 0 Å². The Bertz CT molecular complexity index is 2570. The third kappa shape index (κ3) is 9.52. The van der Waals surface area contributed by atoms with Crippen molar-refractivity contribution >= 4 is 57.1 Å². The van der Waals surface area contributed by atoms with Crippen LogP contribution in [-0.4, -0.2) is 17.3 Å². The number of hydrogen-bond donors (Lipinski definition) is 2. The highest BCUT2D eigenvalue weighted by Gasteiger charge is 2.14. The average molecular weight is 754 g/mol. The number of benzene rings is 7. The number of oxime groups is 1. The molecule has 9 heteroatoms. The van der Waals surface area contributed by atoms with Gasteiger partial charge in [-0.15, -0.1) is 5.11 Å². The lowest BCUT2D eigenvalue weighted by atomic mass is 10.0. The third-order valence-corrected chi connectivity index (χ3v) is 9.72. The zero-order valence-corrected chi connectivity index (χ0v) is 32.3. The number of carbonyl (C=O) groups excluding carboxylic acids is 1. The van der Waals surface area contributed by atoms with E-state index in [4.69, 9.17) is 9.68 Å². The number of carbonyl (C=O) groups is 1. The fourth-order valence-corrected chi connectivity index (χ4v) is 6.42. The number of nitrogens with zero attached hydrogens (tertiary/aromatic N) is 4. The minimum Gasteiger partial charge on any atom is -0.506 e. The summed E-state index contributed by atoms with van der Waals surface area (Å²) in [5, 5.41) is 24.6. The van der Waals surface area contributed by atoms with Crippen LogP contribution in [0.25, 0.3) is 10.8 Å². The van der Waals surface area contributed by atoms with Gasteiger partial charge in [0, 0.05) is 28.0 Å². The highest BCUT2D eigenvalue weighted by Crippen LogP contribution is 2.38. The topological polar surface area (TPSA) is 108 Å². The Morgan fingerprint density at radius 2 is 1.42 bits per heavy atom. The number of ketones is 1. The van der Waals surface area contributed by atoms with Gasteiger partial charge in [-0.1, -0.05) is 71.4 Å². The molecule has 0 aliphatic carbocycles. The molecule has 0 bridgehead atoms. The lowest BCUT2D eigenvalue weighted by Gasteiger charge is -2.26. The molecule has 284 valence electrons. The Hall–Kier alpha value is -7.26. The largest absolute Gasteiger partial charge is 0.506 e. The molecule has 7 aromatic carbocycles. The van der Waals surface area contributed by atoms with E-state index in [0.717, 1.165) is 51.1 Å². The molecule has 0 heterocycles. The molecule has 0 unspecified atom stereocenters. The second kappa shape index (κ2) is 17.5. The van der Waals surface area contributed by atoms with Crippen molar-refractivity contribution in [2.24, 2.45) is 15.4 Å². The molecule has 0 spiro atoms. The minimum atomic E-state index is -0.0219. The molecular formula is C48H43N5O4. The van der Waals surface area contributed by atoms with Crippen LogP contribution in [0.15, 0.2) is 161 Å². The van der Waals surface area contributed by atoms with Crippen molar-refractivity contribution in [2.75, 3.05) is 10.4 Å². The monoisotopic (exact) mass is 753 g/mol. The van der Waals surface area contributed by atoms with E-state index in [9.17, 15) is 9.90 Å². The second-order valence-electron chi connectivity index (χ2n) is 14.0. The van der Waals surface area contributed by atoms with E-state index in [-0.39, 0.29) is 18.1 Å². The summed E-state index contributed by atoms with van der Waals surface area (Å²) < 4.78 is 0. The lowest BCUT2D eigenvalue weighted by molar-refractivity contribution is 0.101. The van der Waals surface area contributed by atoms with Gasteiger partial charge in [0.1, 0.15) is 18.0 Å². The van der Waals surface area contributed by atoms with Gasteiger partial charge >= 0.3 is 0 Å². The van der Waals surface area contributed by atoms with Crippen LogP contribution in [0.4, 0.5) is 34.1 Å². The summed E-state index contributed by atoms with van der Waals surface area (Å²) in [5.41, 5.74) is 15.5. The van der Waals surface area contributed by atoms with Gasteiger partial charge < -0.3 is 19.7 Å². The maximum Gasteiger partial charge on any atom is 0.245 e. The molecule has 7 rings (SSSR count). The van der Waals surface area contributed by atoms with Gasteiger partial charge in [0.2, 0.25) is 6.40 Å². The van der Waals surface area contributed by atoms with E-state index >= 15 is 0 Å². The second-order valence-corrected chi connectivity index (χ2v) is 14.0. The van der Waals surface area contributed by atoms with Gasteiger partial charge in [-0.25, -0.2) is 5.48 Å². The third-order valence-electron chi connectivity index (χ3n) is 9.72. The molecule has 57 heavy (non-hydrogen) atoms. The number of Topliss-reactive ketones (excluding diaryl/α,β-unsaturated/α-hetero) is 1. The fraction of sp³-hybridized carbons (Fsp3) is 0.125. The van der Waals surface area contributed by atoms with Crippen molar-refractivity contribution in [1.82, 2.24) is 0 Å². The van der Waals surface area contributed by atoms with E-state index in [2.05, 4.69) is 119 Å². The molecule has 2 N–H and O–H groups in total. The highest BCUT2D eigenvalue weighted by atomic mass is 16.7. The first-order valence-corrected chi connectivity index (χ1v) is 18.6. The number of aryl methyl sites for hydroxylation is 3. The first-order chi connectivity index (χ1) is 27.7. The van der Waals surface area contributed by atoms with Crippen LogP contribution in [0, 0.1) is 20.8 Å². The summed E-state index contributed by atoms with van der Waals surface area (Å²) in [6.45, 7) is 8.12. The quantitative estimate of drug-likeness (QED) is 0.0376. The molecule has 0 radical (unpaired) electrons. The summed E-state index contributed by atoms with van der Waals surface area (Å²) in [7, 11) is 0. The standard InChI is InChI=1S/C48H43N5O4/c1-32-8-19-43(20-9-32)53(45-21-10-33(2)34(3)26-45)44-22-11-36(12-23-44)27-37-6-5-7-42(29-37)52-57-31-49-56-30-38-13-24-46-40(28-38)16-25-47(55)48(46)51-50-41-17-14-39(15-18-41)35(4)54/h5-26,28-29,31,52,55H,27,30H2,1-4H3. The highest BCUT2D eigenvalue weighted by molar-refractivity contribution is 5.96. The average Bonchev–Trinajstić information content (AvgIpc) is 3.22. The van der Waals surface area contributed by atoms with Gasteiger partial charge in [-0.05, 0) is 152 Å². The number of phenols is 1.